The minimum absolute atomic E-state index is 0.113. The van der Waals surface area contributed by atoms with Gasteiger partial charge in [-0.2, -0.15) is 0 Å². The summed E-state index contributed by atoms with van der Waals surface area (Å²) in [4.78, 5) is 13.8. The Morgan fingerprint density at radius 1 is 1.57 bits per heavy atom. The predicted molar refractivity (Wildman–Crippen MR) is 51.7 cm³/mol. The number of anilines is 1. The van der Waals surface area contributed by atoms with Crippen molar-refractivity contribution in [3.05, 3.63) is 34.9 Å². The second-order valence-electron chi connectivity index (χ2n) is 2.86. The van der Waals surface area contributed by atoms with Gasteiger partial charge in [-0.25, -0.2) is 9.24 Å². The molecule has 1 aromatic carbocycles. The van der Waals surface area contributed by atoms with Crippen LogP contribution in [0.5, 0.6) is 0 Å². The highest BCUT2D eigenvalue weighted by Crippen LogP contribution is 2.26. The summed E-state index contributed by atoms with van der Waals surface area (Å²) in [7, 11) is 0. The molecule has 0 aliphatic rings. The van der Waals surface area contributed by atoms with Crippen LogP contribution in [0.4, 0.5) is 15.8 Å². The molecule has 3 nitrogen and oxygen atoms in total. The van der Waals surface area contributed by atoms with Gasteiger partial charge < -0.3 is 5.32 Å². The van der Waals surface area contributed by atoms with Crippen molar-refractivity contribution in [3.63, 3.8) is 0 Å². The molecule has 72 valence electrons. The largest absolute Gasteiger partial charge is 0.324 e. The van der Waals surface area contributed by atoms with E-state index in [1.54, 1.807) is 0 Å². The van der Waals surface area contributed by atoms with Gasteiger partial charge in [0, 0.05) is 6.92 Å². The Kier molecular flexibility index (Phi) is 2.82. The molecule has 1 aromatic rings. The topological polar surface area (TPSA) is 33.5 Å². The zero-order valence-corrected chi connectivity index (χ0v) is 7.89. The molecule has 0 spiro atoms. The first-order chi connectivity index (χ1) is 6.56. The summed E-state index contributed by atoms with van der Waals surface area (Å²) >= 11 is 0. The van der Waals surface area contributed by atoms with Crippen molar-refractivity contribution in [1.29, 1.82) is 0 Å². The number of benzene rings is 1. The van der Waals surface area contributed by atoms with Crippen molar-refractivity contribution < 1.29 is 9.18 Å². The maximum atomic E-state index is 13.5. The summed E-state index contributed by atoms with van der Waals surface area (Å²) in [6, 6.07) is 2.87. The smallest absolute Gasteiger partial charge is 0.221 e. The fourth-order valence-corrected chi connectivity index (χ4v) is 1.08. The number of nitrogens with zero attached hydrogens (tertiary/aromatic N) is 1. The molecule has 1 amide bonds. The summed E-state index contributed by atoms with van der Waals surface area (Å²) in [5, 5.41) is 2.35. The van der Waals surface area contributed by atoms with E-state index >= 15 is 0 Å². The lowest BCUT2D eigenvalue weighted by atomic mass is 10.1. The van der Waals surface area contributed by atoms with Crippen LogP contribution >= 0.6 is 0 Å². The van der Waals surface area contributed by atoms with Crippen LogP contribution in [0.2, 0.25) is 0 Å². The maximum Gasteiger partial charge on any atom is 0.221 e. The molecular formula is C10H9FN2O. The van der Waals surface area contributed by atoms with Gasteiger partial charge >= 0.3 is 0 Å². The lowest BCUT2D eigenvalue weighted by molar-refractivity contribution is -0.114. The molecule has 1 N–H and O–H groups in total. The minimum Gasteiger partial charge on any atom is -0.324 e. The number of hydrogen-bond donors (Lipinski definition) is 1. The highest BCUT2D eigenvalue weighted by molar-refractivity contribution is 5.89. The van der Waals surface area contributed by atoms with Crippen molar-refractivity contribution in [2.24, 2.45) is 0 Å². The molecule has 0 bridgehead atoms. The number of halogens is 1. The van der Waals surface area contributed by atoms with Gasteiger partial charge in [0.05, 0.1) is 12.3 Å². The number of carbonyl (C=O) groups excluding carboxylic acids is 1. The third kappa shape index (κ3) is 1.88. The van der Waals surface area contributed by atoms with E-state index < -0.39 is 5.82 Å². The van der Waals surface area contributed by atoms with Gasteiger partial charge in [0.15, 0.2) is 5.69 Å². The summed E-state index contributed by atoms with van der Waals surface area (Å²) < 4.78 is 13.5. The SMILES string of the molecule is [C-]#[N+]c1ccc(NC(C)=O)c(F)c1C. The molecule has 0 fully saturated rings. The molecular weight excluding hydrogens is 183 g/mol. The van der Waals surface area contributed by atoms with E-state index in [0.717, 1.165) is 0 Å². The highest BCUT2D eigenvalue weighted by Gasteiger charge is 2.09. The molecule has 0 radical (unpaired) electrons. The Morgan fingerprint density at radius 3 is 2.71 bits per heavy atom. The Labute approximate surface area is 81.4 Å². The van der Waals surface area contributed by atoms with Crippen LogP contribution in [-0.2, 0) is 4.79 Å². The fraction of sp³-hybridized carbons (Fsp3) is 0.200. The van der Waals surface area contributed by atoms with E-state index in [9.17, 15) is 9.18 Å². The first-order valence-electron chi connectivity index (χ1n) is 4.00. The second kappa shape index (κ2) is 3.88. The quantitative estimate of drug-likeness (QED) is 0.682. The van der Waals surface area contributed by atoms with Crippen molar-refractivity contribution in [3.8, 4) is 0 Å². The molecule has 0 saturated carbocycles. The monoisotopic (exact) mass is 192 g/mol. The standard InChI is InChI=1S/C10H9FN2O/c1-6-8(12-3)4-5-9(10(6)11)13-7(2)14/h4-5H,1-2H3,(H,13,14). The molecule has 0 atom stereocenters. The van der Waals surface area contributed by atoms with Crippen LogP contribution in [0, 0.1) is 19.3 Å². The molecule has 0 aromatic heterocycles. The van der Waals surface area contributed by atoms with Crippen LogP contribution in [0.15, 0.2) is 12.1 Å². The molecule has 0 unspecified atom stereocenters. The Morgan fingerprint density at radius 2 is 2.21 bits per heavy atom. The lowest BCUT2D eigenvalue weighted by Crippen LogP contribution is -2.07. The van der Waals surface area contributed by atoms with Gasteiger partial charge in [-0.3, -0.25) is 4.79 Å². The average Bonchev–Trinajstić information content (AvgIpc) is 2.13. The molecule has 14 heavy (non-hydrogen) atoms. The zero-order valence-electron chi connectivity index (χ0n) is 7.89. The first kappa shape index (κ1) is 10.2. The van der Waals surface area contributed by atoms with Crippen molar-refractivity contribution >= 4 is 17.3 Å². The fourth-order valence-electron chi connectivity index (χ4n) is 1.08. The number of hydrogen-bond acceptors (Lipinski definition) is 1. The third-order valence-corrected chi connectivity index (χ3v) is 1.79. The summed E-state index contributed by atoms with van der Waals surface area (Å²) in [5.74, 6) is -0.882. The van der Waals surface area contributed by atoms with Gasteiger partial charge in [-0.1, -0.05) is 6.07 Å². The molecule has 1 rings (SSSR count). The van der Waals surface area contributed by atoms with Crippen LogP contribution < -0.4 is 5.32 Å². The molecule has 0 aliphatic heterocycles. The maximum absolute atomic E-state index is 13.5. The van der Waals surface area contributed by atoms with Crippen LogP contribution in [0.3, 0.4) is 0 Å². The normalized spacial score (nSPS) is 9.29. The van der Waals surface area contributed by atoms with Crippen LogP contribution in [0.25, 0.3) is 4.85 Å². The number of rotatable bonds is 1. The summed E-state index contributed by atoms with van der Waals surface area (Å²) in [6.45, 7) is 9.58. The molecule has 4 heteroatoms. The van der Waals surface area contributed by atoms with Crippen molar-refractivity contribution in [2.75, 3.05) is 5.32 Å². The summed E-state index contributed by atoms with van der Waals surface area (Å²) in [6.07, 6.45) is 0. The molecule has 0 heterocycles. The first-order valence-corrected chi connectivity index (χ1v) is 4.00. The Balaban J connectivity index is 3.18. The average molecular weight is 192 g/mol. The predicted octanol–water partition coefficient (Wildman–Crippen LogP) is 2.64. The second-order valence-corrected chi connectivity index (χ2v) is 2.86. The van der Waals surface area contributed by atoms with E-state index in [2.05, 4.69) is 10.2 Å². The van der Waals surface area contributed by atoms with Crippen LogP contribution in [-0.4, -0.2) is 5.91 Å². The van der Waals surface area contributed by atoms with E-state index in [0.29, 0.717) is 0 Å². The number of amides is 1. The van der Waals surface area contributed by atoms with E-state index in [1.165, 1.54) is 26.0 Å². The molecule has 0 saturated heterocycles. The van der Waals surface area contributed by atoms with Gasteiger partial charge in [0.2, 0.25) is 5.91 Å². The number of nitrogens with one attached hydrogen (secondary N) is 1. The van der Waals surface area contributed by atoms with Gasteiger partial charge in [-0.05, 0) is 18.6 Å². The lowest BCUT2D eigenvalue weighted by Gasteiger charge is -2.06. The van der Waals surface area contributed by atoms with Crippen molar-refractivity contribution in [2.45, 2.75) is 13.8 Å². The van der Waals surface area contributed by atoms with E-state index in [-0.39, 0.29) is 22.8 Å². The van der Waals surface area contributed by atoms with E-state index in [4.69, 9.17) is 6.57 Å². The molecule has 0 aliphatic carbocycles. The Bertz CT molecular complexity index is 421. The third-order valence-electron chi connectivity index (χ3n) is 1.79. The van der Waals surface area contributed by atoms with E-state index in [1.807, 2.05) is 0 Å². The zero-order chi connectivity index (χ0) is 10.7. The van der Waals surface area contributed by atoms with Gasteiger partial charge in [-0.15, -0.1) is 0 Å². The highest BCUT2D eigenvalue weighted by atomic mass is 19.1. The summed E-state index contributed by atoms with van der Waals surface area (Å²) in [5.41, 5.74) is 0.630. The Hall–Kier alpha value is -1.89. The minimum atomic E-state index is -0.547. The number of carbonyl (C=O) groups is 1. The van der Waals surface area contributed by atoms with Crippen LogP contribution in [0.1, 0.15) is 12.5 Å². The van der Waals surface area contributed by atoms with Crippen molar-refractivity contribution in [1.82, 2.24) is 0 Å². The van der Waals surface area contributed by atoms with Gasteiger partial charge in [0.1, 0.15) is 5.82 Å². The van der Waals surface area contributed by atoms with Gasteiger partial charge in [0.25, 0.3) is 0 Å².